The fourth-order valence-corrected chi connectivity index (χ4v) is 3.75. The van der Waals surface area contributed by atoms with E-state index in [0.29, 0.717) is 19.4 Å². The minimum atomic E-state index is -6.70. The molecule has 0 saturated carbocycles. The van der Waals surface area contributed by atoms with Gasteiger partial charge in [0.25, 0.3) is 0 Å². The first kappa shape index (κ1) is 20.6. The number of hydrogen-bond donors (Lipinski definition) is 0. The van der Waals surface area contributed by atoms with Gasteiger partial charge in [0.15, 0.2) is 0 Å². The average Bonchev–Trinajstić information content (AvgIpc) is 2.87. The SMILES string of the molecule is COC[C@@]12CCCN1C[C@@H](OC(C(F)(F)F)(C(F)(F)F)C(F)(F)F)C2. The molecule has 2 aliphatic rings. The Balaban J connectivity index is 2.36. The lowest BCUT2D eigenvalue weighted by Gasteiger charge is -2.39. The molecule has 0 aliphatic carbocycles. The summed E-state index contributed by atoms with van der Waals surface area (Å²) in [4.78, 5) is 1.54. The highest BCUT2D eigenvalue weighted by molar-refractivity contribution is 5.08. The largest absolute Gasteiger partial charge is 0.435 e. The third-order valence-corrected chi connectivity index (χ3v) is 4.73. The van der Waals surface area contributed by atoms with Gasteiger partial charge in [-0.25, -0.2) is 0 Å². The van der Waals surface area contributed by atoms with E-state index in [9.17, 15) is 39.5 Å². The van der Waals surface area contributed by atoms with Crippen molar-refractivity contribution in [2.45, 2.75) is 55.0 Å². The van der Waals surface area contributed by atoms with E-state index in [0.717, 1.165) is 0 Å². The summed E-state index contributed by atoms with van der Waals surface area (Å²) in [6.45, 7) is -0.114. The fourth-order valence-electron chi connectivity index (χ4n) is 3.75. The highest BCUT2D eigenvalue weighted by atomic mass is 19.4. The van der Waals surface area contributed by atoms with Crippen molar-refractivity contribution in [3.8, 4) is 0 Å². The van der Waals surface area contributed by atoms with Gasteiger partial charge in [-0.2, -0.15) is 39.5 Å². The summed E-state index contributed by atoms with van der Waals surface area (Å²) in [5.74, 6) is 0. The van der Waals surface area contributed by atoms with Gasteiger partial charge in [0.1, 0.15) is 0 Å². The van der Waals surface area contributed by atoms with Crippen molar-refractivity contribution < 1.29 is 49.0 Å². The van der Waals surface area contributed by atoms with E-state index in [1.807, 2.05) is 0 Å². The van der Waals surface area contributed by atoms with Gasteiger partial charge >= 0.3 is 24.1 Å². The van der Waals surface area contributed by atoms with Crippen molar-refractivity contribution in [2.24, 2.45) is 0 Å². The molecule has 2 saturated heterocycles. The van der Waals surface area contributed by atoms with Gasteiger partial charge in [-0.05, 0) is 25.8 Å². The molecule has 0 unspecified atom stereocenters. The summed E-state index contributed by atoms with van der Waals surface area (Å²) in [6, 6.07) is 0. The van der Waals surface area contributed by atoms with Gasteiger partial charge in [-0.1, -0.05) is 0 Å². The van der Waals surface area contributed by atoms with Gasteiger partial charge in [0, 0.05) is 19.2 Å². The predicted octanol–water partition coefficient (Wildman–Crippen LogP) is 3.68. The van der Waals surface area contributed by atoms with Crippen molar-refractivity contribution in [1.29, 1.82) is 0 Å². The number of alkyl halides is 9. The van der Waals surface area contributed by atoms with E-state index >= 15 is 0 Å². The Labute approximate surface area is 137 Å². The molecule has 148 valence electrons. The van der Waals surface area contributed by atoms with Crippen LogP contribution in [0, 0.1) is 0 Å². The van der Waals surface area contributed by atoms with Crippen LogP contribution in [0.15, 0.2) is 0 Å². The van der Waals surface area contributed by atoms with Crippen molar-refractivity contribution >= 4 is 0 Å². The highest BCUT2D eigenvalue weighted by Gasteiger charge is 2.86. The molecule has 0 aromatic rings. The number of methoxy groups -OCH3 is 1. The second-order valence-corrected chi connectivity index (χ2v) is 6.33. The average molecular weight is 389 g/mol. The van der Waals surface area contributed by atoms with Crippen LogP contribution < -0.4 is 0 Å². The number of halogens is 9. The number of ether oxygens (including phenoxy) is 2. The van der Waals surface area contributed by atoms with E-state index in [4.69, 9.17) is 4.74 Å². The molecule has 3 nitrogen and oxygen atoms in total. The third-order valence-electron chi connectivity index (χ3n) is 4.73. The van der Waals surface area contributed by atoms with Crippen molar-refractivity contribution in [3.05, 3.63) is 0 Å². The molecule has 2 heterocycles. The van der Waals surface area contributed by atoms with Crippen LogP contribution in [-0.2, 0) is 9.47 Å². The minimum Gasteiger partial charge on any atom is -0.383 e. The second-order valence-electron chi connectivity index (χ2n) is 6.33. The summed E-state index contributed by atoms with van der Waals surface area (Å²) < 4.78 is 125. The van der Waals surface area contributed by atoms with Crippen LogP contribution in [0.25, 0.3) is 0 Å². The van der Waals surface area contributed by atoms with Crippen molar-refractivity contribution in [3.63, 3.8) is 0 Å². The third kappa shape index (κ3) is 3.20. The highest BCUT2D eigenvalue weighted by Crippen LogP contribution is 2.56. The predicted molar refractivity (Wildman–Crippen MR) is 65.8 cm³/mol. The molecular formula is C13H16F9NO2. The molecule has 0 aromatic carbocycles. The van der Waals surface area contributed by atoms with Crippen molar-refractivity contribution in [2.75, 3.05) is 26.8 Å². The Kier molecular flexibility index (Phi) is 5.06. The van der Waals surface area contributed by atoms with Crippen LogP contribution in [0.1, 0.15) is 19.3 Å². The molecule has 0 N–H and O–H groups in total. The zero-order valence-electron chi connectivity index (χ0n) is 13.0. The normalized spacial score (nSPS) is 29.3. The van der Waals surface area contributed by atoms with Gasteiger partial charge < -0.3 is 9.47 Å². The van der Waals surface area contributed by atoms with E-state index < -0.39 is 48.7 Å². The van der Waals surface area contributed by atoms with Crippen LogP contribution in [0.3, 0.4) is 0 Å². The number of nitrogens with zero attached hydrogens (tertiary/aromatic N) is 1. The zero-order chi connectivity index (χ0) is 19.3. The van der Waals surface area contributed by atoms with E-state index in [2.05, 4.69) is 4.74 Å². The number of fused-ring (bicyclic) bond motifs is 1. The summed E-state index contributed by atoms with van der Waals surface area (Å²) in [6.07, 6.45) is -21.4. The monoisotopic (exact) mass is 389 g/mol. The minimum absolute atomic E-state index is 0.0100. The molecule has 2 aliphatic heterocycles. The summed E-state index contributed by atoms with van der Waals surface area (Å²) >= 11 is 0. The maximum atomic E-state index is 13.0. The lowest BCUT2D eigenvalue weighted by molar-refractivity contribution is -0.463. The lowest BCUT2D eigenvalue weighted by atomic mass is 9.93. The fraction of sp³-hybridized carbons (Fsp3) is 1.00. The quantitative estimate of drug-likeness (QED) is 0.685. The Morgan fingerprint density at radius 1 is 0.960 bits per heavy atom. The summed E-state index contributed by atoms with van der Waals surface area (Å²) in [5, 5.41) is 0. The summed E-state index contributed by atoms with van der Waals surface area (Å²) in [7, 11) is 1.30. The topological polar surface area (TPSA) is 21.7 Å². The Hall–Kier alpha value is -0.750. The maximum absolute atomic E-state index is 13.0. The number of hydrogen-bond acceptors (Lipinski definition) is 3. The van der Waals surface area contributed by atoms with Crippen LogP contribution in [0.4, 0.5) is 39.5 Å². The molecule has 2 fully saturated rings. The van der Waals surface area contributed by atoms with E-state index in [1.54, 1.807) is 0 Å². The smallest absolute Gasteiger partial charge is 0.383 e. The van der Waals surface area contributed by atoms with Gasteiger partial charge in [0.05, 0.1) is 12.7 Å². The molecule has 0 radical (unpaired) electrons. The zero-order valence-corrected chi connectivity index (χ0v) is 13.0. The first-order valence-electron chi connectivity index (χ1n) is 7.32. The van der Waals surface area contributed by atoms with Crippen LogP contribution >= 0.6 is 0 Å². The number of rotatable bonds is 4. The van der Waals surface area contributed by atoms with Crippen molar-refractivity contribution in [1.82, 2.24) is 4.90 Å². The van der Waals surface area contributed by atoms with Gasteiger partial charge in [-0.3, -0.25) is 4.90 Å². The maximum Gasteiger partial charge on any atom is 0.435 e. The van der Waals surface area contributed by atoms with Crippen LogP contribution in [0.5, 0.6) is 0 Å². The van der Waals surface area contributed by atoms with Gasteiger partial charge in [-0.15, -0.1) is 0 Å². The first-order chi connectivity index (χ1) is 11.2. The Bertz CT molecular complexity index is 451. The van der Waals surface area contributed by atoms with E-state index in [-0.39, 0.29) is 6.61 Å². The van der Waals surface area contributed by atoms with Crippen LogP contribution in [-0.4, -0.2) is 67.5 Å². The molecule has 25 heavy (non-hydrogen) atoms. The second kappa shape index (κ2) is 6.15. The molecular weight excluding hydrogens is 373 g/mol. The van der Waals surface area contributed by atoms with Crippen LogP contribution in [0.2, 0.25) is 0 Å². The van der Waals surface area contributed by atoms with E-state index in [1.165, 1.54) is 12.0 Å². The molecule has 0 spiro atoms. The Morgan fingerprint density at radius 3 is 1.92 bits per heavy atom. The lowest BCUT2D eigenvalue weighted by Crippen LogP contribution is -2.68. The first-order valence-corrected chi connectivity index (χ1v) is 7.32. The Morgan fingerprint density at radius 2 is 1.48 bits per heavy atom. The summed E-state index contributed by atoms with van der Waals surface area (Å²) in [5.41, 5.74) is -7.11. The molecule has 0 bridgehead atoms. The van der Waals surface area contributed by atoms with Gasteiger partial charge in [0.2, 0.25) is 0 Å². The molecule has 0 aromatic heterocycles. The standard InChI is InChI=1S/C13H16F9NO2/c1-24-7-9-3-2-4-23(9)6-8(5-9)25-10(11(14,15)16,12(17,18)19)13(20,21)22/h8H,2-7H2,1H3/t8-,9-/m0/s1. The molecule has 2 atom stereocenters. The molecule has 0 amide bonds. The molecule has 12 heteroatoms. The molecule has 2 rings (SSSR count).